The lowest BCUT2D eigenvalue weighted by molar-refractivity contribution is -0.146. The van der Waals surface area contributed by atoms with Crippen molar-refractivity contribution in [1.29, 1.82) is 0 Å². The number of hydrogen-bond donors (Lipinski definition) is 1. The summed E-state index contributed by atoms with van der Waals surface area (Å²) in [5.41, 5.74) is 6.79. The van der Waals surface area contributed by atoms with Crippen LogP contribution in [0.4, 0.5) is 0 Å². The van der Waals surface area contributed by atoms with Crippen LogP contribution in [0.25, 0.3) is 0 Å². The van der Waals surface area contributed by atoms with Gasteiger partial charge in [0, 0.05) is 19.1 Å². The number of hydrogen-bond acceptors (Lipinski definition) is 3. The number of amides is 2. The molecule has 2 N–H and O–H groups in total. The highest BCUT2D eigenvalue weighted by Crippen LogP contribution is 2.28. The first-order chi connectivity index (χ1) is 9.66. The monoisotopic (exact) mass is 273 g/mol. The van der Waals surface area contributed by atoms with Crippen LogP contribution in [0.1, 0.15) is 24.4 Å². The van der Waals surface area contributed by atoms with E-state index in [4.69, 9.17) is 5.73 Å². The number of carbonyl (C=O) groups excluding carboxylic acids is 2. The van der Waals surface area contributed by atoms with Crippen molar-refractivity contribution in [1.82, 2.24) is 9.80 Å². The van der Waals surface area contributed by atoms with Gasteiger partial charge in [0.05, 0.1) is 6.54 Å². The molecule has 5 nitrogen and oxygen atoms in total. The summed E-state index contributed by atoms with van der Waals surface area (Å²) in [5.74, 6) is -0.118. The second kappa shape index (κ2) is 5.25. The molecule has 0 unspecified atom stereocenters. The molecular weight excluding hydrogens is 254 g/mol. The molecule has 2 fully saturated rings. The quantitative estimate of drug-likeness (QED) is 0.873. The molecule has 5 heteroatoms. The van der Waals surface area contributed by atoms with Gasteiger partial charge in [0.25, 0.3) is 0 Å². The van der Waals surface area contributed by atoms with Crippen LogP contribution in [0, 0.1) is 0 Å². The van der Waals surface area contributed by atoms with E-state index in [-0.39, 0.29) is 18.4 Å². The highest BCUT2D eigenvalue weighted by molar-refractivity contribution is 5.89. The third kappa shape index (κ3) is 2.54. The van der Waals surface area contributed by atoms with Gasteiger partial charge in [-0.3, -0.25) is 9.59 Å². The van der Waals surface area contributed by atoms with E-state index < -0.39 is 6.04 Å². The Bertz CT molecular complexity index is 513. The molecular formula is C15H19N3O2. The predicted molar refractivity (Wildman–Crippen MR) is 74.7 cm³/mol. The predicted octanol–water partition coefficient (Wildman–Crippen LogP) is 0.520. The van der Waals surface area contributed by atoms with Gasteiger partial charge < -0.3 is 15.5 Å². The van der Waals surface area contributed by atoms with Crippen molar-refractivity contribution in [3.05, 3.63) is 35.9 Å². The van der Waals surface area contributed by atoms with Gasteiger partial charge in [0.1, 0.15) is 6.04 Å². The van der Waals surface area contributed by atoms with Gasteiger partial charge in [-0.15, -0.1) is 0 Å². The summed E-state index contributed by atoms with van der Waals surface area (Å²) in [7, 11) is 0. The molecule has 1 heterocycles. The van der Waals surface area contributed by atoms with E-state index in [1.807, 2.05) is 35.2 Å². The highest BCUT2D eigenvalue weighted by Gasteiger charge is 2.37. The minimum atomic E-state index is -0.684. The highest BCUT2D eigenvalue weighted by atomic mass is 16.2. The summed E-state index contributed by atoms with van der Waals surface area (Å²) >= 11 is 0. The van der Waals surface area contributed by atoms with Gasteiger partial charge in [-0.05, 0) is 18.4 Å². The van der Waals surface area contributed by atoms with E-state index in [1.165, 1.54) is 0 Å². The molecule has 1 aliphatic carbocycles. The summed E-state index contributed by atoms with van der Waals surface area (Å²) in [6.07, 6.45) is 2.20. The molecule has 1 aromatic carbocycles. The molecule has 0 spiro atoms. The third-order valence-electron chi connectivity index (χ3n) is 3.98. The molecule has 3 rings (SSSR count). The summed E-state index contributed by atoms with van der Waals surface area (Å²) in [6.45, 7) is 1.38. The van der Waals surface area contributed by atoms with Gasteiger partial charge in [-0.1, -0.05) is 30.3 Å². The molecule has 1 aliphatic heterocycles. The molecule has 1 aromatic rings. The molecule has 0 radical (unpaired) electrons. The maximum absolute atomic E-state index is 12.4. The molecule has 0 aromatic heterocycles. The van der Waals surface area contributed by atoms with E-state index in [9.17, 15) is 9.59 Å². The second-order valence-electron chi connectivity index (χ2n) is 5.47. The van der Waals surface area contributed by atoms with Crippen molar-refractivity contribution in [2.75, 3.05) is 19.6 Å². The Kier molecular flexibility index (Phi) is 3.44. The summed E-state index contributed by atoms with van der Waals surface area (Å²) in [4.78, 5) is 27.9. The molecule has 2 amide bonds. The maximum atomic E-state index is 12.4. The minimum absolute atomic E-state index is 0.0485. The van der Waals surface area contributed by atoms with Crippen LogP contribution in [-0.4, -0.2) is 47.3 Å². The lowest BCUT2D eigenvalue weighted by atomic mass is 10.1. The summed E-state index contributed by atoms with van der Waals surface area (Å²) in [5, 5.41) is 0. The fourth-order valence-corrected chi connectivity index (χ4v) is 2.65. The Morgan fingerprint density at radius 1 is 1.20 bits per heavy atom. The van der Waals surface area contributed by atoms with Crippen molar-refractivity contribution in [3.63, 3.8) is 0 Å². The smallest absolute Gasteiger partial charge is 0.244 e. The Morgan fingerprint density at radius 2 is 1.90 bits per heavy atom. The lowest BCUT2D eigenvalue weighted by Gasteiger charge is -2.35. The first-order valence-corrected chi connectivity index (χ1v) is 7.05. The van der Waals surface area contributed by atoms with Crippen LogP contribution in [0.2, 0.25) is 0 Å². The third-order valence-corrected chi connectivity index (χ3v) is 3.98. The lowest BCUT2D eigenvalue weighted by Crippen LogP contribution is -2.54. The Hall–Kier alpha value is -1.88. The van der Waals surface area contributed by atoms with Crippen molar-refractivity contribution >= 4 is 11.8 Å². The molecule has 106 valence electrons. The summed E-state index contributed by atoms with van der Waals surface area (Å²) in [6, 6.07) is 9.02. The zero-order valence-electron chi connectivity index (χ0n) is 11.4. The fourth-order valence-electron chi connectivity index (χ4n) is 2.65. The van der Waals surface area contributed by atoms with Crippen molar-refractivity contribution in [3.8, 4) is 0 Å². The SMILES string of the molecule is N[C@H](C(=O)N1CCN(C2CC2)C(=O)C1)c1ccccc1. The Labute approximate surface area is 118 Å². The number of carbonyl (C=O) groups is 2. The van der Waals surface area contributed by atoms with Gasteiger partial charge >= 0.3 is 0 Å². The van der Waals surface area contributed by atoms with Gasteiger partial charge in [0.15, 0.2) is 0 Å². The van der Waals surface area contributed by atoms with E-state index in [0.717, 1.165) is 18.4 Å². The maximum Gasteiger partial charge on any atom is 0.244 e. The largest absolute Gasteiger partial charge is 0.336 e. The first-order valence-electron chi connectivity index (χ1n) is 7.05. The Balaban J connectivity index is 1.64. The topological polar surface area (TPSA) is 66.6 Å². The molecule has 0 bridgehead atoms. The molecule has 1 atom stereocenters. The molecule has 20 heavy (non-hydrogen) atoms. The molecule has 2 aliphatic rings. The van der Waals surface area contributed by atoms with Crippen LogP contribution in [0.15, 0.2) is 30.3 Å². The van der Waals surface area contributed by atoms with Crippen molar-refractivity contribution < 1.29 is 9.59 Å². The van der Waals surface area contributed by atoms with Crippen molar-refractivity contribution in [2.24, 2.45) is 5.73 Å². The number of rotatable bonds is 3. The van der Waals surface area contributed by atoms with E-state index in [2.05, 4.69) is 0 Å². The average molecular weight is 273 g/mol. The van der Waals surface area contributed by atoms with Crippen LogP contribution in [-0.2, 0) is 9.59 Å². The number of nitrogens with two attached hydrogens (primary N) is 1. The number of piperazine rings is 1. The van der Waals surface area contributed by atoms with E-state index in [0.29, 0.717) is 19.1 Å². The van der Waals surface area contributed by atoms with Crippen LogP contribution >= 0.6 is 0 Å². The van der Waals surface area contributed by atoms with Crippen LogP contribution in [0.5, 0.6) is 0 Å². The standard InChI is InChI=1S/C15H19N3O2/c16-14(11-4-2-1-3-5-11)15(20)17-8-9-18(12-6-7-12)13(19)10-17/h1-5,12,14H,6-10,16H2/t14-/m0/s1. The molecule has 1 saturated heterocycles. The number of benzene rings is 1. The van der Waals surface area contributed by atoms with Gasteiger partial charge in [-0.2, -0.15) is 0 Å². The zero-order valence-corrected chi connectivity index (χ0v) is 11.4. The minimum Gasteiger partial charge on any atom is -0.336 e. The van der Waals surface area contributed by atoms with Gasteiger partial charge in [-0.25, -0.2) is 0 Å². The van der Waals surface area contributed by atoms with Gasteiger partial charge in [0.2, 0.25) is 11.8 Å². The fraction of sp³-hybridized carbons (Fsp3) is 0.467. The first kappa shape index (κ1) is 13.1. The summed E-state index contributed by atoms with van der Waals surface area (Å²) < 4.78 is 0. The van der Waals surface area contributed by atoms with Crippen LogP contribution < -0.4 is 5.73 Å². The van der Waals surface area contributed by atoms with Crippen LogP contribution in [0.3, 0.4) is 0 Å². The normalized spacial score (nSPS) is 20.9. The number of nitrogens with zero attached hydrogens (tertiary/aromatic N) is 2. The van der Waals surface area contributed by atoms with E-state index >= 15 is 0 Å². The van der Waals surface area contributed by atoms with E-state index in [1.54, 1.807) is 4.90 Å². The average Bonchev–Trinajstić information content (AvgIpc) is 3.31. The Morgan fingerprint density at radius 3 is 2.50 bits per heavy atom. The second-order valence-corrected chi connectivity index (χ2v) is 5.47. The zero-order chi connectivity index (χ0) is 14.1. The van der Waals surface area contributed by atoms with Crippen molar-refractivity contribution in [2.45, 2.75) is 24.9 Å². The molecule has 1 saturated carbocycles.